The Morgan fingerprint density at radius 1 is 1.07 bits per heavy atom. The molecule has 3 nitrogen and oxygen atoms in total. The molecule has 2 heterocycles. The van der Waals surface area contributed by atoms with Gasteiger partial charge < -0.3 is 4.74 Å². The zero-order valence-corrected chi connectivity index (χ0v) is 8.77. The van der Waals surface area contributed by atoms with Gasteiger partial charge in [-0.2, -0.15) is 0 Å². The molecule has 0 N–H and O–H groups in total. The highest BCUT2D eigenvalue weighted by Gasteiger charge is 2.01. The molecule has 2 aromatic rings. The Hall–Kier alpha value is -1.90. The summed E-state index contributed by atoms with van der Waals surface area (Å²) >= 11 is 0. The number of aryl methyl sites for hydroxylation is 1. The van der Waals surface area contributed by atoms with Crippen molar-refractivity contribution in [3.8, 4) is 17.0 Å². The van der Waals surface area contributed by atoms with E-state index in [0.717, 1.165) is 16.8 Å². The van der Waals surface area contributed by atoms with Crippen LogP contribution in [0.5, 0.6) is 5.88 Å². The van der Waals surface area contributed by atoms with E-state index in [0.29, 0.717) is 5.88 Å². The molecule has 3 heteroatoms. The van der Waals surface area contributed by atoms with Crippen molar-refractivity contribution >= 4 is 0 Å². The van der Waals surface area contributed by atoms with Crippen LogP contribution in [-0.2, 0) is 0 Å². The summed E-state index contributed by atoms with van der Waals surface area (Å²) in [6.45, 7) is 1.95. The summed E-state index contributed by atoms with van der Waals surface area (Å²) in [6, 6.07) is 7.88. The van der Waals surface area contributed by atoms with Crippen molar-refractivity contribution in [1.82, 2.24) is 9.97 Å². The van der Waals surface area contributed by atoms with Crippen molar-refractivity contribution in [1.29, 1.82) is 0 Å². The van der Waals surface area contributed by atoms with Gasteiger partial charge in [0, 0.05) is 24.2 Å². The van der Waals surface area contributed by atoms with Gasteiger partial charge in [-0.05, 0) is 36.2 Å². The molecule has 0 unspecified atom stereocenters. The molecule has 0 bridgehead atoms. The topological polar surface area (TPSA) is 35.0 Å². The predicted molar refractivity (Wildman–Crippen MR) is 58.8 cm³/mol. The second-order valence-electron chi connectivity index (χ2n) is 3.28. The molecule has 0 fully saturated rings. The monoisotopic (exact) mass is 200 g/mol. The van der Waals surface area contributed by atoms with Gasteiger partial charge >= 0.3 is 0 Å². The van der Waals surface area contributed by atoms with Crippen LogP contribution in [0.2, 0.25) is 0 Å². The van der Waals surface area contributed by atoms with Crippen LogP contribution in [0.25, 0.3) is 11.1 Å². The van der Waals surface area contributed by atoms with E-state index in [1.807, 2.05) is 31.2 Å². The molecule has 2 rings (SSSR count). The maximum absolute atomic E-state index is 5.13. The van der Waals surface area contributed by atoms with E-state index < -0.39 is 0 Å². The third-order valence-electron chi connectivity index (χ3n) is 2.15. The van der Waals surface area contributed by atoms with Crippen LogP contribution in [0.15, 0.2) is 36.7 Å². The Kier molecular flexibility index (Phi) is 2.63. The lowest BCUT2D eigenvalue weighted by atomic mass is 10.1. The summed E-state index contributed by atoms with van der Waals surface area (Å²) in [4.78, 5) is 8.23. The molecule has 0 aliphatic carbocycles. The van der Waals surface area contributed by atoms with E-state index >= 15 is 0 Å². The lowest BCUT2D eigenvalue weighted by Crippen LogP contribution is -1.91. The van der Waals surface area contributed by atoms with Crippen LogP contribution < -0.4 is 4.74 Å². The minimum atomic E-state index is 0.641. The Labute approximate surface area is 88.8 Å². The Balaban J connectivity index is 2.49. The van der Waals surface area contributed by atoms with Crippen molar-refractivity contribution in [2.45, 2.75) is 6.92 Å². The second-order valence-corrected chi connectivity index (χ2v) is 3.28. The van der Waals surface area contributed by atoms with Crippen molar-refractivity contribution in [2.24, 2.45) is 0 Å². The zero-order valence-electron chi connectivity index (χ0n) is 8.77. The Bertz CT molecular complexity index is 454. The molecule has 2 aromatic heterocycles. The fraction of sp³-hybridized carbons (Fsp3) is 0.167. The fourth-order valence-corrected chi connectivity index (χ4v) is 1.45. The van der Waals surface area contributed by atoms with Crippen molar-refractivity contribution < 1.29 is 4.74 Å². The lowest BCUT2D eigenvalue weighted by molar-refractivity contribution is 0.397. The summed E-state index contributed by atoms with van der Waals surface area (Å²) in [6.07, 6.45) is 3.55. The number of ether oxygens (including phenoxy) is 1. The van der Waals surface area contributed by atoms with E-state index in [2.05, 4.69) is 9.97 Å². The quantitative estimate of drug-likeness (QED) is 0.747. The largest absolute Gasteiger partial charge is 0.481 e. The molecular weight excluding hydrogens is 188 g/mol. The standard InChI is InChI=1S/C12H12N2O/c1-9-7-11(8-12(14-9)15-2)10-3-5-13-6-4-10/h3-8H,1-2H3. The molecular formula is C12H12N2O. The molecule has 0 aliphatic heterocycles. The number of nitrogens with zero attached hydrogens (tertiary/aromatic N) is 2. The van der Waals surface area contributed by atoms with Crippen LogP contribution in [0.3, 0.4) is 0 Å². The van der Waals surface area contributed by atoms with E-state index in [1.165, 1.54) is 0 Å². The first-order valence-electron chi connectivity index (χ1n) is 4.72. The highest BCUT2D eigenvalue weighted by molar-refractivity contribution is 5.64. The molecule has 0 saturated carbocycles. The van der Waals surface area contributed by atoms with Gasteiger partial charge in [0.1, 0.15) is 0 Å². The second kappa shape index (κ2) is 4.09. The smallest absolute Gasteiger partial charge is 0.213 e. The average Bonchev–Trinajstić information content (AvgIpc) is 2.29. The Morgan fingerprint density at radius 3 is 2.47 bits per heavy atom. The van der Waals surface area contributed by atoms with Gasteiger partial charge in [0.05, 0.1) is 7.11 Å². The third-order valence-corrected chi connectivity index (χ3v) is 2.15. The summed E-state index contributed by atoms with van der Waals surface area (Å²) in [5.41, 5.74) is 3.16. The lowest BCUT2D eigenvalue weighted by Gasteiger charge is -2.05. The van der Waals surface area contributed by atoms with Crippen LogP contribution in [-0.4, -0.2) is 17.1 Å². The third kappa shape index (κ3) is 2.13. The van der Waals surface area contributed by atoms with Gasteiger partial charge in [-0.15, -0.1) is 0 Å². The maximum Gasteiger partial charge on any atom is 0.213 e. The SMILES string of the molecule is COc1cc(-c2ccncc2)cc(C)n1. The molecule has 76 valence electrons. The fourth-order valence-electron chi connectivity index (χ4n) is 1.45. The summed E-state index contributed by atoms with van der Waals surface area (Å²) in [5, 5.41) is 0. The van der Waals surface area contributed by atoms with Gasteiger partial charge in [0.25, 0.3) is 0 Å². The zero-order chi connectivity index (χ0) is 10.7. The minimum Gasteiger partial charge on any atom is -0.481 e. The van der Waals surface area contributed by atoms with Gasteiger partial charge in [0.2, 0.25) is 5.88 Å². The van der Waals surface area contributed by atoms with Crippen LogP contribution in [0, 0.1) is 6.92 Å². The molecule has 0 amide bonds. The predicted octanol–water partition coefficient (Wildman–Crippen LogP) is 2.46. The van der Waals surface area contributed by atoms with Crippen molar-refractivity contribution in [3.05, 3.63) is 42.4 Å². The number of rotatable bonds is 2. The maximum atomic E-state index is 5.13. The molecule has 15 heavy (non-hydrogen) atoms. The first-order chi connectivity index (χ1) is 7.29. The number of hydrogen-bond donors (Lipinski definition) is 0. The van der Waals surface area contributed by atoms with E-state index in [1.54, 1.807) is 19.5 Å². The molecule has 0 atom stereocenters. The molecule has 0 radical (unpaired) electrons. The highest BCUT2D eigenvalue weighted by Crippen LogP contribution is 2.22. The van der Waals surface area contributed by atoms with Crippen molar-refractivity contribution in [3.63, 3.8) is 0 Å². The first kappa shape index (κ1) is 9.65. The number of hydrogen-bond acceptors (Lipinski definition) is 3. The van der Waals surface area contributed by atoms with E-state index in [9.17, 15) is 0 Å². The van der Waals surface area contributed by atoms with Gasteiger partial charge in [-0.1, -0.05) is 0 Å². The van der Waals surface area contributed by atoms with E-state index in [-0.39, 0.29) is 0 Å². The molecule has 0 spiro atoms. The number of methoxy groups -OCH3 is 1. The van der Waals surface area contributed by atoms with Crippen molar-refractivity contribution in [2.75, 3.05) is 7.11 Å². The van der Waals surface area contributed by atoms with Crippen LogP contribution in [0.1, 0.15) is 5.69 Å². The summed E-state index contributed by atoms with van der Waals surface area (Å²) in [5.74, 6) is 0.641. The van der Waals surface area contributed by atoms with Gasteiger partial charge in [0.15, 0.2) is 0 Å². The number of aromatic nitrogens is 2. The molecule has 0 saturated heterocycles. The summed E-state index contributed by atoms with van der Waals surface area (Å²) < 4.78 is 5.13. The van der Waals surface area contributed by atoms with E-state index in [4.69, 9.17) is 4.74 Å². The first-order valence-corrected chi connectivity index (χ1v) is 4.72. The Morgan fingerprint density at radius 2 is 1.80 bits per heavy atom. The van der Waals surface area contributed by atoms with Gasteiger partial charge in [-0.25, -0.2) is 4.98 Å². The molecule has 0 aliphatic rings. The average molecular weight is 200 g/mol. The van der Waals surface area contributed by atoms with Crippen LogP contribution in [0.4, 0.5) is 0 Å². The minimum absolute atomic E-state index is 0.641. The normalized spacial score (nSPS) is 10.0. The van der Waals surface area contributed by atoms with Gasteiger partial charge in [-0.3, -0.25) is 4.98 Å². The molecule has 0 aromatic carbocycles. The van der Waals surface area contributed by atoms with Crippen LogP contribution >= 0.6 is 0 Å². The number of pyridine rings is 2. The summed E-state index contributed by atoms with van der Waals surface area (Å²) in [7, 11) is 1.62. The highest BCUT2D eigenvalue weighted by atomic mass is 16.5.